The van der Waals surface area contributed by atoms with Gasteiger partial charge in [0.05, 0.1) is 0 Å². The summed E-state index contributed by atoms with van der Waals surface area (Å²) in [7, 11) is -3.50. The first-order valence-electron chi connectivity index (χ1n) is 4.49. The Morgan fingerprint density at radius 3 is 2.80 bits per heavy atom. The molecule has 0 saturated carbocycles. The van der Waals surface area contributed by atoms with E-state index in [0.29, 0.717) is 5.75 Å². The van der Waals surface area contributed by atoms with Crippen LogP contribution in [-0.2, 0) is 10.0 Å². The minimum atomic E-state index is -3.50. The fraction of sp³-hybridized carbons (Fsp3) is 0.200. The Morgan fingerprint density at radius 1 is 1.33 bits per heavy atom. The number of primary sulfonamides is 1. The number of benzene rings is 1. The maximum Gasteiger partial charge on any atom is 0.213 e. The van der Waals surface area contributed by atoms with Crippen LogP contribution >= 0.6 is 0 Å². The van der Waals surface area contributed by atoms with E-state index in [1.807, 2.05) is 24.3 Å². The summed E-state index contributed by atoms with van der Waals surface area (Å²) in [6.45, 7) is 0. The Balaban J connectivity index is 2.20. The molecule has 1 aromatic carbocycles. The Hall–Kier alpha value is -1.33. The van der Waals surface area contributed by atoms with Crippen LogP contribution in [0.5, 0.6) is 5.75 Å². The molecular weight excluding hydrogens is 214 g/mol. The standard InChI is InChI=1S/C10H11NO3S/c11-15(12,13)7-9-6-5-8-3-1-2-4-10(8)14-9/h1-6,9H,7H2,(H2,11,12,13). The minimum absolute atomic E-state index is 0.197. The first kappa shape index (κ1) is 10.2. The lowest BCUT2D eigenvalue weighted by atomic mass is 10.1. The summed E-state index contributed by atoms with van der Waals surface area (Å²) in [4.78, 5) is 0. The SMILES string of the molecule is NS(=O)(=O)CC1C=Cc2ccccc2O1. The lowest BCUT2D eigenvalue weighted by Crippen LogP contribution is -2.30. The Labute approximate surface area is 88.4 Å². The van der Waals surface area contributed by atoms with Crippen LogP contribution < -0.4 is 9.88 Å². The average Bonchev–Trinajstić information content (AvgIpc) is 2.15. The van der Waals surface area contributed by atoms with Crippen LogP contribution in [0, 0.1) is 0 Å². The van der Waals surface area contributed by atoms with E-state index < -0.39 is 16.1 Å². The van der Waals surface area contributed by atoms with Crippen LogP contribution in [0.1, 0.15) is 5.56 Å². The second-order valence-corrected chi connectivity index (χ2v) is 5.04. The molecule has 80 valence electrons. The molecule has 0 saturated heterocycles. The fourth-order valence-electron chi connectivity index (χ4n) is 1.46. The highest BCUT2D eigenvalue weighted by Gasteiger charge is 2.18. The molecule has 2 rings (SSSR count). The summed E-state index contributed by atoms with van der Waals surface area (Å²) in [5, 5.41) is 4.94. The van der Waals surface area contributed by atoms with E-state index in [9.17, 15) is 8.42 Å². The van der Waals surface area contributed by atoms with Gasteiger partial charge < -0.3 is 4.74 Å². The monoisotopic (exact) mass is 225 g/mol. The number of sulfonamides is 1. The molecule has 1 aromatic rings. The number of ether oxygens (including phenoxy) is 1. The summed E-state index contributed by atoms with van der Waals surface area (Å²) >= 11 is 0. The lowest BCUT2D eigenvalue weighted by molar-refractivity contribution is 0.267. The highest BCUT2D eigenvalue weighted by atomic mass is 32.2. The third kappa shape index (κ3) is 2.57. The Bertz CT molecular complexity index is 493. The molecule has 1 aliphatic rings. The van der Waals surface area contributed by atoms with Gasteiger partial charge in [0.1, 0.15) is 17.6 Å². The molecule has 1 aliphatic heterocycles. The molecule has 0 spiro atoms. The summed E-state index contributed by atoms with van der Waals surface area (Å²) in [6.07, 6.45) is 3.05. The molecule has 4 nitrogen and oxygen atoms in total. The maximum atomic E-state index is 10.9. The predicted octanol–water partition coefficient (Wildman–Crippen LogP) is 0.749. The second kappa shape index (κ2) is 3.67. The molecule has 0 radical (unpaired) electrons. The summed E-state index contributed by atoms with van der Waals surface area (Å²) in [5.74, 6) is 0.492. The van der Waals surface area contributed by atoms with Crippen LogP contribution in [0.25, 0.3) is 6.08 Å². The number of para-hydroxylation sites is 1. The van der Waals surface area contributed by atoms with E-state index in [4.69, 9.17) is 9.88 Å². The molecule has 0 amide bonds. The van der Waals surface area contributed by atoms with Crippen molar-refractivity contribution < 1.29 is 13.2 Å². The number of nitrogens with two attached hydrogens (primary N) is 1. The number of hydrogen-bond acceptors (Lipinski definition) is 3. The van der Waals surface area contributed by atoms with E-state index in [0.717, 1.165) is 5.56 Å². The molecule has 2 N–H and O–H groups in total. The van der Waals surface area contributed by atoms with Gasteiger partial charge in [0.15, 0.2) is 0 Å². The van der Waals surface area contributed by atoms with Gasteiger partial charge in [-0.1, -0.05) is 24.3 Å². The normalized spacial score (nSPS) is 19.4. The maximum absolute atomic E-state index is 10.9. The van der Waals surface area contributed by atoms with Gasteiger partial charge in [-0.15, -0.1) is 0 Å². The van der Waals surface area contributed by atoms with Gasteiger partial charge in [0.2, 0.25) is 10.0 Å². The lowest BCUT2D eigenvalue weighted by Gasteiger charge is -2.20. The number of fused-ring (bicyclic) bond motifs is 1. The van der Waals surface area contributed by atoms with Gasteiger partial charge in [0.25, 0.3) is 0 Å². The van der Waals surface area contributed by atoms with E-state index in [1.165, 1.54) is 0 Å². The molecule has 0 aromatic heterocycles. The molecule has 1 unspecified atom stereocenters. The minimum Gasteiger partial charge on any atom is -0.485 e. The molecule has 0 fully saturated rings. The zero-order chi connectivity index (χ0) is 10.9. The van der Waals surface area contributed by atoms with Gasteiger partial charge >= 0.3 is 0 Å². The highest BCUT2D eigenvalue weighted by Crippen LogP contribution is 2.25. The largest absolute Gasteiger partial charge is 0.485 e. The quantitative estimate of drug-likeness (QED) is 0.807. The zero-order valence-electron chi connectivity index (χ0n) is 7.96. The van der Waals surface area contributed by atoms with Gasteiger partial charge in [-0.25, -0.2) is 13.6 Å². The van der Waals surface area contributed by atoms with Gasteiger partial charge in [-0.2, -0.15) is 0 Å². The van der Waals surface area contributed by atoms with Gasteiger partial charge in [-0.05, 0) is 12.1 Å². The molecule has 1 atom stereocenters. The van der Waals surface area contributed by atoms with Crippen molar-refractivity contribution in [3.05, 3.63) is 35.9 Å². The molecule has 5 heteroatoms. The Morgan fingerprint density at radius 2 is 2.07 bits per heavy atom. The van der Waals surface area contributed by atoms with Crippen LogP contribution in [0.4, 0.5) is 0 Å². The zero-order valence-corrected chi connectivity index (χ0v) is 8.78. The summed E-state index contributed by atoms with van der Waals surface area (Å²) in [5.41, 5.74) is 0.947. The van der Waals surface area contributed by atoms with E-state index in [1.54, 1.807) is 12.1 Å². The second-order valence-electron chi connectivity index (χ2n) is 3.38. The van der Waals surface area contributed by atoms with Gasteiger partial charge in [0, 0.05) is 5.56 Å². The van der Waals surface area contributed by atoms with Crippen molar-refractivity contribution in [2.45, 2.75) is 6.10 Å². The topological polar surface area (TPSA) is 69.4 Å². The third-order valence-corrected chi connectivity index (χ3v) is 2.88. The number of rotatable bonds is 2. The highest BCUT2D eigenvalue weighted by molar-refractivity contribution is 7.89. The first-order valence-corrected chi connectivity index (χ1v) is 6.20. The van der Waals surface area contributed by atoms with Crippen molar-refractivity contribution in [2.75, 3.05) is 5.75 Å². The van der Waals surface area contributed by atoms with Crippen molar-refractivity contribution in [1.82, 2.24) is 0 Å². The molecular formula is C10H11NO3S. The molecule has 15 heavy (non-hydrogen) atoms. The van der Waals surface area contributed by atoms with Crippen molar-refractivity contribution in [3.63, 3.8) is 0 Å². The van der Waals surface area contributed by atoms with Crippen LogP contribution in [-0.4, -0.2) is 20.3 Å². The third-order valence-electron chi connectivity index (χ3n) is 2.08. The van der Waals surface area contributed by atoms with Crippen molar-refractivity contribution in [3.8, 4) is 5.75 Å². The molecule has 0 bridgehead atoms. The van der Waals surface area contributed by atoms with Crippen LogP contribution in [0.3, 0.4) is 0 Å². The predicted molar refractivity (Wildman–Crippen MR) is 57.9 cm³/mol. The van der Waals surface area contributed by atoms with Gasteiger partial charge in [-0.3, -0.25) is 0 Å². The summed E-state index contributed by atoms with van der Waals surface area (Å²) in [6, 6.07) is 7.44. The van der Waals surface area contributed by atoms with Crippen molar-refractivity contribution in [1.29, 1.82) is 0 Å². The fourth-order valence-corrected chi connectivity index (χ4v) is 2.09. The first-order chi connectivity index (χ1) is 7.04. The smallest absolute Gasteiger partial charge is 0.213 e. The van der Waals surface area contributed by atoms with Crippen LogP contribution in [0.2, 0.25) is 0 Å². The summed E-state index contributed by atoms with van der Waals surface area (Å²) < 4.78 is 27.2. The number of hydrogen-bond donors (Lipinski definition) is 1. The van der Waals surface area contributed by atoms with E-state index in [-0.39, 0.29) is 5.75 Å². The Kier molecular flexibility index (Phi) is 2.50. The average molecular weight is 225 g/mol. The van der Waals surface area contributed by atoms with E-state index >= 15 is 0 Å². The molecule has 1 heterocycles. The van der Waals surface area contributed by atoms with E-state index in [2.05, 4.69) is 0 Å². The van der Waals surface area contributed by atoms with Crippen molar-refractivity contribution in [2.24, 2.45) is 5.14 Å². The molecule has 0 aliphatic carbocycles. The van der Waals surface area contributed by atoms with Crippen LogP contribution in [0.15, 0.2) is 30.3 Å². The van der Waals surface area contributed by atoms with Crippen molar-refractivity contribution >= 4 is 16.1 Å².